The smallest absolute Gasteiger partial charge is 0.0208 e. The van der Waals surface area contributed by atoms with Gasteiger partial charge in [0.2, 0.25) is 0 Å². The molecule has 0 radical (unpaired) electrons. The van der Waals surface area contributed by atoms with E-state index in [-0.39, 0.29) is 7.43 Å². The largest absolute Gasteiger partial charge is 0.0825 e. The first-order valence-corrected chi connectivity index (χ1v) is 4.73. The van der Waals surface area contributed by atoms with Gasteiger partial charge in [-0.1, -0.05) is 46.3 Å². The molecular weight excluding hydrogens is 144 g/mol. The van der Waals surface area contributed by atoms with E-state index in [1.165, 1.54) is 18.4 Å². The highest BCUT2D eigenvalue weighted by Gasteiger charge is 2.07. The van der Waals surface area contributed by atoms with E-state index in [0.29, 0.717) is 0 Å². The van der Waals surface area contributed by atoms with Crippen LogP contribution in [0.2, 0.25) is 0 Å². The van der Waals surface area contributed by atoms with Crippen molar-refractivity contribution in [1.82, 2.24) is 0 Å². The van der Waals surface area contributed by atoms with E-state index in [1.807, 2.05) is 0 Å². The Balaban J connectivity index is 0. The molecule has 0 rings (SSSR count). The summed E-state index contributed by atoms with van der Waals surface area (Å²) in [6.45, 7) is 11.2. The maximum atomic E-state index is 2.41. The summed E-state index contributed by atoms with van der Waals surface area (Å²) in [6, 6.07) is 0. The Morgan fingerprint density at radius 2 is 1.75 bits per heavy atom. The summed E-state index contributed by atoms with van der Waals surface area (Å²) in [6.07, 6.45) is 5.05. The Labute approximate surface area is 79.1 Å². The molecule has 0 nitrogen and oxygen atoms in total. The zero-order valence-corrected chi connectivity index (χ0v) is 8.65. The summed E-state index contributed by atoms with van der Waals surface area (Å²) in [5.74, 6) is 1.59. The van der Waals surface area contributed by atoms with Gasteiger partial charge in [0, 0.05) is 0 Å². The van der Waals surface area contributed by atoms with Crippen molar-refractivity contribution in [1.29, 1.82) is 0 Å². The summed E-state index contributed by atoms with van der Waals surface area (Å²) in [7, 11) is 0. The second-order valence-electron chi connectivity index (χ2n) is 3.94. The van der Waals surface area contributed by atoms with Crippen LogP contribution in [0, 0.1) is 11.8 Å². The van der Waals surface area contributed by atoms with E-state index in [4.69, 9.17) is 0 Å². The van der Waals surface area contributed by atoms with Crippen molar-refractivity contribution in [2.24, 2.45) is 11.8 Å². The van der Waals surface area contributed by atoms with Gasteiger partial charge in [-0.3, -0.25) is 0 Å². The monoisotopic (exact) mass is 170 g/mol. The normalized spacial score (nSPS) is 12.2. The molecule has 1 atom stereocenters. The van der Waals surface area contributed by atoms with Crippen LogP contribution in [0.1, 0.15) is 54.9 Å². The summed E-state index contributed by atoms with van der Waals surface area (Å²) < 4.78 is 0. The molecule has 0 heteroatoms. The Morgan fingerprint density at radius 1 is 1.25 bits per heavy atom. The second kappa shape index (κ2) is 7.39. The van der Waals surface area contributed by atoms with E-state index in [2.05, 4.69) is 40.7 Å². The fraction of sp³-hybridized carbons (Fsp3) is 0.833. The third-order valence-corrected chi connectivity index (χ3v) is 2.03. The van der Waals surface area contributed by atoms with E-state index < -0.39 is 0 Å². The molecule has 0 aromatic carbocycles. The third-order valence-electron chi connectivity index (χ3n) is 2.03. The van der Waals surface area contributed by atoms with Gasteiger partial charge in [0.1, 0.15) is 0 Å². The molecule has 0 fully saturated rings. The molecular formula is C12H26. The topological polar surface area (TPSA) is 0 Å². The fourth-order valence-corrected chi connectivity index (χ4v) is 1.37. The third kappa shape index (κ3) is 6.45. The summed E-state index contributed by atoms with van der Waals surface area (Å²) >= 11 is 0. The standard InChI is InChI=1S/C11H22.CH4/c1-6-7-11(10(4)5)8-9(2)3;/h8,10-11H,6-7H2,1-5H3;1H4/t11-;/m0./s1. The SMILES string of the molecule is C.CCC[C@@H](C=C(C)C)C(C)C. The lowest BCUT2D eigenvalue weighted by Crippen LogP contribution is -2.05. The minimum Gasteiger partial charge on any atom is -0.0825 e. The lowest BCUT2D eigenvalue weighted by molar-refractivity contribution is 0.430. The number of rotatable bonds is 4. The average molecular weight is 170 g/mol. The van der Waals surface area contributed by atoms with E-state index in [0.717, 1.165) is 11.8 Å². The summed E-state index contributed by atoms with van der Waals surface area (Å²) in [5.41, 5.74) is 1.46. The van der Waals surface area contributed by atoms with E-state index in [9.17, 15) is 0 Å². The molecule has 74 valence electrons. The van der Waals surface area contributed by atoms with Gasteiger partial charge >= 0.3 is 0 Å². The Morgan fingerprint density at radius 3 is 2.00 bits per heavy atom. The molecule has 0 aliphatic heterocycles. The number of hydrogen-bond acceptors (Lipinski definition) is 0. The number of hydrogen-bond donors (Lipinski definition) is 0. The molecule has 0 aromatic heterocycles. The van der Waals surface area contributed by atoms with Crippen LogP contribution < -0.4 is 0 Å². The molecule has 0 amide bonds. The Bertz CT molecular complexity index is 116. The molecule has 0 spiro atoms. The first-order valence-electron chi connectivity index (χ1n) is 4.73. The molecule has 12 heavy (non-hydrogen) atoms. The van der Waals surface area contributed by atoms with Gasteiger partial charge in [-0.05, 0) is 32.1 Å². The van der Waals surface area contributed by atoms with Crippen LogP contribution in [0.3, 0.4) is 0 Å². The van der Waals surface area contributed by atoms with Crippen LogP contribution in [0.25, 0.3) is 0 Å². The van der Waals surface area contributed by atoms with Crippen LogP contribution in [-0.2, 0) is 0 Å². The highest BCUT2D eigenvalue weighted by molar-refractivity contribution is 4.98. The molecule has 0 saturated carbocycles. The van der Waals surface area contributed by atoms with Gasteiger partial charge in [-0.15, -0.1) is 0 Å². The van der Waals surface area contributed by atoms with Crippen molar-refractivity contribution >= 4 is 0 Å². The molecule has 0 heterocycles. The average Bonchev–Trinajstić information content (AvgIpc) is 1.86. The van der Waals surface area contributed by atoms with Gasteiger partial charge in [-0.2, -0.15) is 0 Å². The quantitative estimate of drug-likeness (QED) is 0.538. The maximum Gasteiger partial charge on any atom is -0.0208 e. The number of allylic oxidation sites excluding steroid dienone is 2. The van der Waals surface area contributed by atoms with Gasteiger partial charge < -0.3 is 0 Å². The van der Waals surface area contributed by atoms with Gasteiger partial charge in [0.25, 0.3) is 0 Å². The first-order chi connectivity index (χ1) is 5.07. The predicted molar refractivity (Wildman–Crippen MR) is 59.4 cm³/mol. The molecule has 0 unspecified atom stereocenters. The van der Waals surface area contributed by atoms with Crippen LogP contribution >= 0.6 is 0 Å². The highest BCUT2D eigenvalue weighted by Crippen LogP contribution is 2.19. The second-order valence-corrected chi connectivity index (χ2v) is 3.94. The highest BCUT2D eigenvalue weighted by atomic mass is 14.1. The summed E-state index contributed by atoms with van der Waals surface area (Å²) in [4.78, 5) is 0. The Hall–Kier alpha value is -0.260. The van der Waals surface area contributed by atoms with Crippen LogP contribution in [-0.4, -0.2) is 0 Å². The van der Waals surface area contributed by atoms with Crippen molar-refractivity contribution in [3.63, 3.8) is 0 Å². The predicted octanol–water partition coefficient (Wildman–Crippen LogP) is 4.66. The van der Waals surface area contributed by atoms with Crippen molar-refractivity contribution in [3.8, 4) is 0 Å². The molecule has 0 N–H and O–H groups in total. The van der Waals surface area contributed by atoms with Crippen molar-refractivity contribution in [2.45, 2.75) is 54.9 Å². The lowest BCUT2D eigenvalue weighted by atomic mass is 9.90. The zero-order chi connectivity index (χ0) is 8.85. The minimum absolute atomic E-state index is 0. The maximum absolute atomic E-state index is 2.41. The molecule has 0 aliphatic rings. The first kappa shape index (κ1) is 14.3. The van der Waals surface area contributed by atoms with Crippen molar-refractivity contribution < 1.29 is 0 Å². The molecule has 0 saturated heterocycles. The van der Waals surface area contributed by atoms with Crippen LogP contribution in [0.5, 0.6) is 0 Å². The fourth-order valence-electron chi connectivity index (χ4n) is 1.37. The molecule has 0 bridgehead atoms. The van der Waals surface area contributed by atoms with Crippen LogP contribution in [0.4, 0.5) is 0 Å². The van der Waals surface area contributed by atoms with Crippen molar-refractivity contribution in [3.05, 3.63) is 11.6 Å². The van der Waals surface area contributed by atoms with E-state index in [1.54, 1.807) is 0 Å². The summed E-state index contributed by atoms with van der Waals surface area (Å²) in [5, 5.41) is 0. The molecule has 0 aromatic rings. The lowest BCUT2D eigenvalue weighted by Gasteiger charge is -2.16. The zero-order valence-electron chi connectivity index (χ0n) is 8.65. The van der Waals surface area contributed by atoms with Gasteiger partial charge in [-0.25, -0.2) is 0 Å². The van der Waals surface area contributed by atoms with Gasteiger partial charge in [0.05, 0.1) is 0 Å². The Kier molecular flexibility index (Phi) is 8.79. The van der Waals surface area contributed by atoms with Crippen LogP contribution in [0.15, 0.2) is 11.6 Å². The molecule has 0 aliphatic carbocycles. The van der Waals surface area contributed by atoms with E-state index >= 15 is 0 Å². The minimum atomic E-state index is 0. The van der Waals surface area contributed by atoms with Crippen molar-refractivity contribution in [2.75, 3.05) is 0 Å². The van der Waals surface area contributed by atoms with Gasteiger partial charge in [0.15, 0.2) is 0 Å².